The predicted molar refractivity (Wildman–Crippen MR) is 129 cm³/mol. The lowest BCUT2D eigenvalue weighted by molar-refractivity contribution is 0.0970. The van der Waals surface area contributed by atoms with Gasteiger partial charge in [-0.3, -0.25) is 9.59 Å². The van der Waals surface area contributed by atoms with Crippen LogP contribution < -0.4 is 10.6 Å². The molecule has 0 saturated heterocycles. The molecule has 1 aliphatic rings. The SMILES string of the molecule is O=C(NC1=NOCC=C1)c1ccc(Br)c(NC(=O)c2ccc(=S)n(-c3c(F)cccc3F)c2)c1. The van der Waals surface area contributed by atoms with Crippen molar-refractivity contribution >= 4 is 51.5 Å². The van der Waals surface area contributed by atoms with Crippen molar-refractivity contribution in [2.24, 2.45) is 5.16 Å². The van der Waals surface area contributed by atoms with Crippen LogP contribution in [-0.2, 0) is 4.84 Å². The number of hydrogen-bond donors (Lipinski definition) is 2. The maximum absolute atomic E-state index is 14.3. The molecule has 0 fully saturated rings. The van der Waals surface area contributed by atoms with E-state index in [1.54, 1.807) is 24.3 Å². The van der Waals surface area contributed by atoms with Crippen LogP contribution in [0.25, 0.3) is 5.69 Å². The van der Waals surface area contributed by atoms with Crippen LogP contribution in [-0.4, -0.2) is 28.8 Å². The number of rotatable bonds is 4. The number of anilines is 1. The number of carbonyl (C=O) groups is 2. The topological polar surface area (TPSA) is 84.7 Å². The number of hydrogen-bond acceptors (Lipinski definition) is 5. The minimum absolute atomic E-state index is 0.0943. The molecule has 0 spiro atoms. The van der Waals surface area contributed by atoms with Gasteiger partial charge in [0.2, 0.25) is 0 Å². The molecule has 7 nitrogen and oxygen atoms in total. The Morgan fingerprint density at radius 2 is 1.74 bits per heavy atom. The van der Waals surface area contributed by atoms with Crippen molar-refractivity contribution in [3.8, 4) is 5.69 Å². The Balaban J connectivity index is 1.59. The first-order valence-corrected chi connectivity index (χ1v) is 11.0. The molecule has 2 N–H and O–H groups in total. The lowest BCUT2D eigenvalue weighted by atomic mass is 10.1. The van der Waals surface area contributed by atoms with Gasteiger partial charge in [0.25, 0.3) is 11.8 Å². The van der Waals surface area contributed by atoms with Crippen LogP contribution in [0.15, 0.2) is 76.5 Å². The summed E-state index contributed by atoms with van der Waals surface area (Å²) in [5.74, 6) is -2.43. The number of benzene rings is 2. The van der Waals surface area contributed by atoms with Gasteiger partial charge in [-0.15, -0.1) is 0 Å². The maximum atomic E-state index is 14.3. The molecule has 1 aliphatic heterocycles. The minimum Gasteiger partial charge on any atom is -0.390 e. The van der Waals surface area contributed by atoms with Gasteiger partial charge in [-0.2, -0.15) is 0 Å². The van der Waals surface area contributed by atoms with Gasteiger partial charge < -0.3 is 20.0 Å². The van der Waals surface area contributed by atoms with Crippen molar-refractivity contribution in [3.05, 3.63) is 98.8 Å². The van der Waals surface area contributed by atoms with Crippen molar-refractivity contribution in [2.75, 3.05) is 11.9 Å². The lowest BCUT2D eigenvalue weighted by Crippen LogP contribution is -2.30. The molecule has 1 aromatic heterocycles. The summed E-state index contributed by atoms with van der Waals surface area (Å²) < 4.78 is 30.3. The number of nitrogens with zero attached hydrogens (tertiary/aromatic N) is 2. The Labute approximate surface area is 205 Å². The van der Waals surface area contributed by atoms with E-state index in [0.29, 0.717) is 16.8 Å². The Morgan fingerprint density at radius 3 is 2.44 bits per heavy atom. The van der Waals surface area contributed by atoms with E-state index in [1.807, 2.05) is 0 Å². The van der Waals surface area contributed by atoms with Gasteiger partial charge in [0.1, 0.15) is 28.6 Å². The summed E-state index contributed by atoms with van der Waals surface area (Å²) in [6, 6.07) is 10.9. The van der Waals surface area contributed by atoms with Crippen molar-refractivity contribution in [1.29, 1.82) is 0 Å². The number of pyridine rings is 1. The van der Waals surface area contributed by atoms with Crippen LogP contribution in [0.2, 0.25) is 0 Å². The second kappa shape index (κ2) is 10.1. The van der Waals surface area contributed by atoms with E-state index >= 15 is 0 Å². The summed E-state index contributed by atoms with van der Waals surface area (Å²) >= 11 is 8.52. The Kier molecular flexibility index (Phi) is 6.94. The normalized spacial score (nSPS) is 12.5. The minimum atomic E-state index is -0.821. The molecule has 172 valence electrons. The molecular formula is C23H15BrF2N4O3S. The quantitative estimate of drug-likeness (QED) is 0.446. The van der Waals surface area contributed by atoms with Crippen LogP contribution in [0.1, 0.15) is 20.7 Å². The third-order valence-corrected chi connectivity index (χ3v) is 5.70. The molecule has 11 heteroatoms. The van der Waals surface area contributed by atoms with Gasteiger partial charge >= 0.3 is 0 Å². The number of oxime groups is 1. The monoisotopic (exact) mass is 544 g/mol. The summed E-state index contributed by atoms with van der Waals surface area (Å²) in [4.78, 5) is 30.4. The van der Waals surface area contributed by atoms with Crippen LogP contribution in [0.3, 0.4) is 0 Å². The van der Waals surface area contributed by atoms with Crippen LogP contribution >= 0.6 is 28.1 Å². The summed E-state index contributed by atoms with van der Waals surface area (Å²) in [5, 5.41) is 9.01. The fraction of sp³-hybridized carbons (Fsp3) is 0.0435. The van der Waals surface area contributed by atoms with Crippen LogP contribution in [0.4, 0.5) is 14.5 Å². The van der Waals surface area contributed by atoms with E-state index in [2.05, 4.69) is 31.7 Å². The highest BCUT2D eigenvalue weighted by atomic mass is 79.9. The zero-order valence-corrected chi connectivity index (χ0v) is 19.6. The summed E-state index contributed by atoms with van der Waals surface area (Å²) in [5.41, 5.74) is 0.271. The number of carbonyl (C=O) groups excluding carboxylic acids is 2. The zero-order valence-electron chi connectivity index (χ0n) is 17.2. The van der Waals surface area contributed by atoms with Gasteiger partial charge in [0.15, 0.2) is 5.84 Å². The lowest BCUT2D eigenvalue weighted by Gasteiger charge is -2.13. The highest BCUT2D eigenvalue weighted by Gasteiger charge is 2.16. The highest BCUT2D eigenvalue weighted by Crippen LogP contribution is 2.25. The number of aromatic nitrogens is 1. The van der Waals surface area contributed by atoms with Gasteiger partial charge in [0, 0.05) is 16.2 Å². The predicted octanol–water partition coefficient (Wildman–Crippen LogP) is 5.13. The number of halogens is 3. The molecule has 0 unspecified atom stereocenters. The maximum Gasteiger partial charge on any atom is 0.257 e. The number of amides is 2. The Hall–Kier alpha value is -3.70. The van der Waals surface area contributed by atoms with E-state index in [4.69, 9.17) is 17.1 Å². The first-order chi connectivity index (χ1) is 16.3. The first kappa shape index (κ1) is 23.5. The zero-order chi connectivity index (χ0) is 24.2. The summed E-state index contributed by atoms with van der Waals surface area (Å²) in [7, 11) is 0. The third kappa shape index (κ3) is 5.10. The van der Waals surface area contributed by atoms with Gasteiger partial charge in [0.05, 0.1) is 11.3 Å². The fourth-order valence-electron chi connectivity index (χ4n) is 3.07. The molecule has 0 saturated carbocycles. The van der Waals surface area contributed by atoms with Gasteiger partial charge in [-0.25, -0.2) is 8.78 Å². The highest BCUT2D eigenvalue weighted by molar-refractivity contribution is 9.10. The molecule has 34 heavy (non-hydrogen) atoms. The van der Waals surface area contributed by atoms with E-state index in [1.165, 1.54) is 30.5 Å². The van der Waals surface area contributed by atoms with Crippen molar-refractivity contribution in [1.82, 2.24) is 9.88 Å². The second-order valence-corrected chi connectivity index (χ2v) is 8.25. The standard InChI is InChI=1S/C23H15BrF2N4O3S/c24-15-8-6-13(22(31)28-19-5-2-10-33-29-19)11-18(15)27-23(32)14-7-9-20(34)30(12-14)21-16(25)3-1-4-17(21)26/h1-9,11-12H,10H2,(H,27,32)(H,28,29,31). The number of para-hydroxylation sites is 1. The Morgan fingerprint density at radius 1 is 1.03 bits per heavy atom. The second-order valence-electron chi connectivity index (χ2n) is 6.97. The van der Waals surface area contributed by atoms with E-state index < -0.39 is 23.4 Å². The first-order valence-electron chi connectivity index (χ1n) is 9.79. The smallest absolute Gasteiger partial charge is 0.257 e. The molecule has 2 aromatic carbocycles. The molecule has 0 bridgehead atoms. The average molecular weight is 545 g/mol. The molecule has 2 amide bonds. The van der Waals surface area contributed by atoms with Gasteiger partial charge in [-0.1, -0.05) is 23.4 Å². The van der Waals surface area contributed by atoms with Gasteiger partial charge in [-0.05, 0) is 70.5 Å². The summed E-state index contributed by atoms with van der Waals surface area (Å²) in [6.07, 6.45) is 4.56. The van der Waals surface area contributed by atoms with E-state index in [9.17, 15) is 18.4 Å². The van der Waals surface area contributed by atoms with Crippen molar-refractivity contribution in [3.63, 3.8) is 0 Å². The largest absolute Gasteiger partial charge is 0.390 e. The number of amidine groups is 1. The molecule has 0 aliphatic carbocycles. The van der Waals surface area contributed by atoms with Crippen molar-refractivity contribution in [2.45, 2.75) is 0 Å². The van der Waals surface area contributed by atoms with Crippen LogP contribution in [0, 0.1) is 16.3 Å². The molecular weight excluding hydrogens is 530 g/mol. The molecule has 0 radical (unpaired) electrons. The molecule has 0 atom stereocenters. The summed E-state index contributed by atoms with van der Waals surface area (Å²) in [6.45, 7) is 0.323. The molecule has 4 rings (SSSR count). The molecule has 2 heterocycles. The molecule has 3 aromatic rings. The van der Waals surface area contributed by atoms with Crippen molar-refractivity contribution < 1.29 is 23.2 Å². The Bertz CT molecular complexity index is 1400. The van der Waals surface area contributed by atoms with E-state index in [0.717, 1.165) is 16.7 Å². The third-order valence-electron chi connectivity index (χ3n) is 4.68. The van der Waals surface area contributed by atoms with Crippen LogP contribution in [0.5, 0.6) is 0 Å². The number of nitrogens with one attached hydrogen (secondary N) is 2. The fourth-order valence-corrected chi connectivity index (χ4v) is 3.62. The van der Waals surface area contributed by atoms with E-state index in [-0.39, 0.29) is 27.3 Å². The average Bonchev–Trinajstić information content (AvgIpc) is 2.82.